The lowest BCUT2D eigenvalue weighted by Gasteiger charge is -2.36. The smallest absolute Gasteiger partial charge is 0.414 e. The summed E-state index contributed by atoms with van der Waals surface area (Å²) < 4.78 is 22.2. The molecule has 14 heteroatoms. The quantitative estimate of drug-likeness (QED) is 0.386. The van der Waals surface area contributed by atoms with Crippen LogP contribution in [0.3, 0.4) is 0 Å². The Kier molecular flexibility index (Phi) is 7.59. The van der Waals surface area contributed by atoms with Crippen LogP contribution in [0.4, 0.5) is 20.6 Å². The second-order valence-electron chi connectivity index (χ2n) is 10.7. The molecule has 4 heterocycles. The number of rotatable bonds is 9. The number of hydrogen-bond donors (Lipinski definition) is 2. The molecule has 2 saturated heterocycles. The number of nitrogens with one attached hydrogen (secondary N) is 2. The van der Waals surface area contributed by atoms with Gasteiger partial charge in [0.25, 0.3) is 5.91 Å². The van der Waals surface area contributed by atoms with Gasteiger partial charge in [-0.3, -0.25) is 24.3 Å². The number of ether oxygens (including phenoxy) is 1. The molecule has 1 aliphatic carbocycles. The van der Waals surface area contributed by atoms with Crippen molar-refractivity contribution in [1.82, 2.24) is 29.9 Å². The molecule has 1 aromatic carbocycles. The minimum Gasteiger partial charge on any atom is -0.442 e. The maximum atomic E-state index is 15.2. The summed E-state index contributed by atoms with van der Waals surface area (Å²) in [4.78, 5) is 62.5. The van der Waals surface area contributed by atoms with Crippen molar-refractivity contribution in [3.63, 3.8) is 0 Å². The van der Waals surface area contributed by atoms with Gasteiger partial charge in [0.05, 0.1) is 37.2 Å². The van der Waals surface area contributed by atoms with Crippen LogP contribution in [0.25, 0.3) is 5.65 Å². The van der Waals surface area contributed by atoms with Crippen molar-refractivity contribution >= 4 is 40.8 Å². The van der Waals surface area contributed by atoms with Crippen LogP contribution in [0.1, 0.15) is 29.8 Å². The van der Waals surface area contributed by atoms with Gasteiger partial charge in [-0.25, -0.2) is 14.2 Å². The van der Waals surface area contributed by atoms with Crippen molar-refractivity contribution < 1.29 is 28.3 Å². The van der Waals surface area contributed by atoms with Crippen LogP contribution < -0.4 is 20.4 Å². The highest BCUT2D eigenvalue weighted by Crippen LogP contribution is 2.32. The molecule has 220 valence electrons. The molecular weight excluding hydrogens is 547 g/mol. The molecule has 2 N–H and O–H groups in total. The van der Waals surface area contributed by atoms with Gasteiger partial charge < -0.3 is 29.6 Å². The molecule has 1 saturated carbocycles. The molecule has 3 fully saturated rings. The average molecular weight is 579 g/mol. The minimum absolute atomic E-state index is 0.0462. The van der Waals surface area contributed by atoms with Crippen LogP contribution in [0.15, 0.2) is 43.0 Å². The topological polar surface area (TPSA) is 141 Å². The number of amides is 4. The third kappa shape index (κ3) is 6.11. The highest BCUT2D eigenvalue weighted by atomic mass is 19.1. The van der Waals surface area contributed by atoms with E-state index in [-0.39, 0.29) is 37.1 Å². The number of anilines is 2. The maximum Gasteiger partial charge on any atom is 0.414 e. The Hall–Kier alpha value is -4.75. The number of benzene rings is 1. The third-order valence-corrected chi connectivity index (χ3v) is 7.69. The highest BCUT2D eigenvalue weighted by Gasteiger charge is 2.34. The molecule has 13 nitrogen and oxygen atoms in total. The summed E-state index contributed by atoms with van der Waals surface area (Å²) in [5.74, 6) is -0.765. The Morgan fingerprint density at radius 1 is 1.10 bits per heavy atom. The van der Waals surface area contributed by atoms with E-state index in [1.54, 1.807) is 40.0 Å². The molecule has 1 unspecified atom stereocenters. The van der Waals surface area contributed by atoms with Gasteiger partial charge in [0.15, 0.2) is 5.65 Å². The average Bonchev–Trinajstić information content (AvgIpc) is 3.56. The van der Waals surface area contributed by atoms with Crippen molar-refractivity contribution in [2.75, 3.05) is 55.6 Å². The predicted molar refractivity (Wildman–Crippen MR) is 148 cm³/mol. The van der Waals surface area contributed by atoms with Gasteiger partial charge in [0.1, 0.15) is 17.6 Å². The van der Waals surface area contributed by atoms with E-state index in [1.807, 2.05) is 4.90 Å². The lowest BCUT2D eigenvalue weighted by atomic mass is 10.2. The number of imidazole rings is 1. The highest BCUT2D eigenvalue weighted by molar-refractivity contribution is 5.95. The van der Waals surface area contributed by atoms with E-state index in [0.29, 0.717) is 55.5 Å². The van der Waals surface area contributed by atoms with Gasteiger partial charge in [0.2, 0.25) is 11.8 Å². The van der Waals surface area contributed by atoms with Crippen molar-refractivity contribution in [3.05, 3.63) is 54.5 Å². The van der Waals surface area contributed by atoms with E-state index in [4.69, 9.17) is 4.74 Å². The van der Waals surface area contributed by atoms with Gasteiger partial charge in [-0.1, -0.05) is 0 Å². The first-order valence-corrected chi connectivity index (χ1v) is 14.0. The van der Waals surface area contributed by atoms with Crippen LogP contribution >= 0.6 is 0 Å². The predicted octanol–water partition coefficient (Wildman–Crippen LogP) is 1.19. The second kappa shape index (κ2) is 11.6. The van der Waals surface area contributed by atoms with Gasteiger partial charge >= 0.3 is 6.09 Å². The first kappa shape index (κ1) is 27.4. The Balaban J connectivity index is 0.973. The van der Waals surface area contributed by atoms with Crippen LogP contribution in [-0.2, 0) is 14.3 Å². The normalized spacial score (nSPS) is 18.7. The summed E-state index contributed by atoms with van der Waals surface area (Å²) in [6.45, 7) is 1.80. The fourth-order valence-electron chi connectivity index (χ4n) is 5.15. The van der Waals surface area contributed by atoms with E-state index in [1.165, 1.54) is 17.2 Å². The fraction of sp³-hybridized carbons (Fsp3) is 0.429. The molecule has 4 amide bonds. The third-order valence-electron chi connectivity index (χ3n) is 7.69. The number of halogens is 1. The standard InChI is InChI=1S/C28H31FN8O5/c29-21-12-19(37-16-20(42-28(37)41)13-31-25(38)11-18-1-2-18)3-4-23(21)34-7-9-35(10-8-34)26(39)15-32-27(40)22-17-36-6-5-30-14-24(36)33-22/h3-6,12,14,17-18,20H,1-2,7-11,13,15-16H2,(H,31,38)(H,32,40). The molecule has 0 spiro atoms. The molecule has 6 rings (SSSR count). The van der Waals surface area contributed by atoms with E-state index in [0.717, 1.165) is 12.8 Å². The Labute approximate surface area is 240 Å². The zero-order valence-corrected chi connectivity index (χ0v) is 22.9. The number of aromatic nitrogens is 3. The second-order valence-corrected chi connectivity index (χ2v) is 10.7. The molecule has 42 heavy (non-hydrogen) atoms. The van der Waals surface area contributed by atoms with Crippen molar-refractivity contribution in [1.29, 1.82) is 0 Å². The summed E-state index contributed by atoms with van der Waals surface area (Å²) in [6.07, 6.45) is 7.94. The zero-order valence-electron chi connectivity index (χ0n) is 22.9. The SMILES string of the molecule is O=C(CC1CC1)NCC1CN(c2ccc(N3CCN(C(=O)CNC(=O)c4cn5ccncc5n4)CC3)c(F)c2)C(=O)O1. The summed E-state index contributed by atoms with van der Waals surface area (Å²) in [7, 11) is 0. The minimum atomic E-state index is -0.582. The first-order chi connectivity index (χ1) is 20.3. The van der Waals surface area contributed by atoms with Gasteiger partial charge in [-0.2, -0.15) is 0 Å². The molecule has 0 bridgehead atoms. The lowest BCUT2D eigenvalue weighted by Crippen LogP contribution is -2.51. The Bertz CT molecular complexity index is 1480. The maximum absolute atomic E-state index is 15.2. The molecule has 2 aliphatic heterocycles. The summed E-state index contributed by atoms with van der Waals surface area (Å²) in [5, 5.41) is 5.42. The van der Waals surface area contributed by atoms with Crippen LogP contribution in [0.5, 0.6) is 0 Å². The summed E-state index contributed by atoms with van der Waals surface area (Å²) in [5.41, 5.74) is 1.46. The Morgan fingerprint density at radius 3 is 2.64 bits per heavy atom. The Morgan fingerprint density at radius 2 is 1.90 bits per heavy atom. The number of nitrogens with zero attached hydrogens (tertiary/aromatic N) is 6. The number of hydrogen-bond acceptors (Lipinski definition) is 8. The number of carbonyl (C=O) groups is 4. The first-order valence-electron chi connectivity index (χ1n) is 14.0. The van der Waals surface area contributed by atoms with Gasteiger partial charge in [0, 0.05) is 51.2 Å². The zero-order chi connectivity index (χ0) is 29.2. The van der Waals surface area contributed by atoms with Crippen molar-refractivity contribution in [2.24, 2.45) is 5.92 Å². The molecule has 3 aliphatic rings. The largest absolute Gasteiger partial charge is 0.442 e. The van der Waals surface area contributed by atoms with E-state index < -0.39 is 23.9 Å². The summed E-state index contributed by atoms with van der Waals surface area (Å²) >= 11 is 0. The lowest BCUT2D eigenvalue weighted by molar-refractivity contribution is -0.130. The van der Waals surface area contributed by atoms with Gasteiger partial charge in [-0.05, 0) is 37.0 Å². The number of fused-ring (bicyclic) bond motifs is 1. The molecular formula is C28H31FN8O5. The van der Waals surface area contributed by atoms with Crippen LogP contribution in [0.2, 0.25) is 0 Å². The fourth-order valence-corrected chi connectivity index (χ4v) is 5.15. The molecule has 3 aromatic rings. The van der Waals surface area contributed by atoms with E-state index >= 15 is 4.39 Å². The van der Waals surface area contributed by atoms with Crippen molar-refractivity contribution in [3.8, 4) is 0 Å². The summed E-state index contributed by atoms with van der Waals surface area (Å²) in [6, 6.07) is 4.58. The monoisotopic (exact) mass is 578 g/mol. The van der Waals surface area contributed by atoms with Crippen molar-refractivity contribution in [2.45, 2.75) is 25.4 Å². The number of carbonyl (C=O) groups excluding carboxylic acids is 4. The molecule has 2 aromatic heterocycles. The van der Waals surface area contributed by atoms with E-state index in [2.05, 4.69) is 20.6 Å². The van der Waals surface area contributed by atoms with E-state index in [9.17, 15) is 19.2 Å². The number of cyclic esters (lactones) is 1. The van der Waals surface area contributed by atoms with Crippen LogP contribution in [0, 0.1) is 11.7 Å². The molecule has 0 radical (unpaired) electrons. The van der Waals surface area contributed by atoms with Crippen LogP contribution in [-0.4, -0.2) is 95.0 Å². The number of piperazine rings is 1. The molecule has 1 atom stereocenters. The van der Waals surface area contributed by atoms with Gasteiger partial charge in [-0.15, -0.1) is 0 Å².